The van der Waals surface area contributed by atoms with E-state index in [9.17, 15) is 28.4 Å². The molecular weight excluding hydrogens is 343 g/mol. The highest BCUT2D eigenvalue weighted by Crippen LogP contribution is 2.44. The molecule has 1 saturated heterocycles. The minimum Gasteiger partial charge on any atom is -0.435 e. The summed E-state index contributed by atoms with van der Waals surface area (Å²) in [7, 11) is 0. The molecule has 26 heavy (non-hydrogen) atoms. The average molecular weight is 352 g/mol. The van der Waals surface area contributed by atoms with Crippen molar-refractivity contribution in [2.75, 3.05) is 0 Å². The fraction of sp³-hybridized carbons (Fsp3) is 0.105. The molecule has 1 fully saturated rings. The maximum absolute atomic E-state index is 13.1. The third-order valence-corrected chi connectivity index (χ3v) is 4.61. The Morgan fingerprint density at radius 2 is 1.42 bits per heavy atom. The molecule has 1 aliphatic carbocycles. The zero-order chi connectivity index (χ0) is 18.6. The zero-order valence-corrected chi connectivity index (χ0v) is 13.0. The lowest BCUT2D eigenvalue weighted by Gasteiger charge is -2.23. The van der Waals surface area contributed by atoms with E-state index < -0.39 is 46.4 Å². The standard InChI is InChI=1S/C19H9FO6/c20-10-7-5-9(6-8-10)14(21)13-15(22)18(25)26-19(13)16(23)11-3-1-2-4-12(11)17(19)24/h1-8,13H. The number of halogens is 1. The van der Waals surface area contributed by atoms with E-state index in [1.54, 1.807) is 0 Å². The third kappa shape index (κ3) is 1.88. The van der Waals surface area contributed by atoms with Crippen LogP contribution in [0, 0.1) is 11.7 Å². The van der Waals surface area contributed by atoms with Crippen molar-refractivity contribution >= 4 is 29.1 Å². The number of hydrogen-bond donors (Lipinski definition) is 0. The number of carbonyl (C=O) groups excluding carboxylic acids is 5. The molecular formula is C19H9FO6. The number of esters is 1. The lowest BCUT2D eigenvalue weighted by Crippen LogP contribution is -2.51. The summed E-state index contributed by atoms with van der Waals surface area (Å²) in [5, 5.41) is 0. The highest BCUT2D eigenvalue weighted by atomic mass is 19.1. The molecule has 1 spiro atoms. The highest BCUT2D eigenvalue weighted by Gasteiger charge is 2.70. The van der Waals surface area contributed by atoms with E-state index in [2.05, 4.69) is 0 Å². The average Bonchev–Trinajstić information content (AvgIpc) is 3.03. The summed E-state index contributed by atoms with van der Waals surface area (Å²) < 4.78 is 18.0. The molecule has 0 aromatic heterocycles. The monoisotopic (exact) mass is 352 g/mol. The van der Waals surface area contributed by atoms with Gasteiger partial charge in [-0.3, -0.25) is 19.2 Å². The molecule has 1 unspecified atom stereocenters. The van der Waals surface area contributed by atoms with Gasteiger partial charge in [-0.25, -0.2) is 9.18 Å². The first kappa shape index (κ1) is 16.0. The number of rotatable bonds is 2. The van der Waals surface area contributed by atoms with Gasteiger partial charge in [0.1, 0.15) is 11.7 Å². The molecule has 2 aromatic rings. The van der Waals surface area contributed by atoms with Crippen LogP contribution in [0.1, 0.15) is 31.1 Å². The second-order valence-corrected chi connectivity index (χ2v) is 6.00. The molecule has 0 bridgehead atoms. The zero-order valence-electron chi connectivity index (χ0n) is 13.0. The molecule has 7 heteroatoms. The van der Waals surface area contributed by atoms with E-state index in [-0.39, 0.29) is 16.7 Å². The second-order valence-electron chi connectivity index (χ2n) is 6.00. The molecule has 1 heterocycles. The largest absolute Gasteiger partial charge is 0.435 e. The number of fused-ring (bicyclic) bond motifs is 1. The summed E-state index contributed by atoms with van der Waals surface area (Å²) in [4.78, 5) is 62.8. The smallest absolute Gasteiger partial charge is 0.377 e. The lowest BCUT2D eigenvalue weighted by atomic mass is 9.78. The number of Topliss-reactive ketones (excluding diaryl/α,β-unsaturated/α-hetero) is 4. The van der Waals surface area contributed by atoms with E-state index >= 15 is 0 Å². The molecule has 1 aliphatic heterocycles. The van der Waals surface area contributed by atoms with Crippen molar-refractivity contribution < 1.29 is 33.1 Å². The number of hydrogen-bond acceptors (Lipinski definition) is 6. The van der Waals surface area contributed by atoms with Gasteiger partial charge in [0.05, 0.1) is 0 Å². The Morgan fingerprint density at radius 1 is 0.885 bits per heavy atom. The van der Waals surface area contributed by atoms with Gasteiger partial charge >= 0.3 is 5.97 Å². The molecule has 1 atom stereocenters. The van der Waals surface area contributed by atoms with Gasteiger partial charge in [0.25, 0.3) is 11.4 Å². The van der Waals surface area contributed by atoms with Crippen molar-refractivity contribution in [3.8, 4) is 0 Å². The van der Waals surface area contributed by atoms with Crippen LogP contribution in [0.25, 0.3) is 0 Å². The normalized spacial score (nSPS) is 20.4. The molecule has 0 radical (unpaired) electrons. The minimum absolute atomic E-state index is 0.0168. The quantitative estimate of drug-likeness (QED) is 0.352. The van der Waals surface area contributed by atoms with Crippen LogP contribution in [0.5, 0.6) is 0 Å². The van der Waals surface area contributed by atoms with Gasteiger partial charge in [0.2, 0.25) is 11.6 Å². The maximum Gasteiger partial charge on any atom is 0.377 e. The fourth-order valence-corrected chi connectivity index (χ4v) is 3.38. The van der Waals surface area contributed by atoms with Gasteiger partial charge in [-0.05, 0) is 24.3 Å². The van der Waals surface area contributed by atoms with Gasteiger partial charge in [-0.2, -0.15) is 0 Å². The van der Waals surface area contributed by atoms with Crippen molar-refractivity contribution in [1.29, 1.82) is 0 Å². The topological polar surface area (TPSA) is 94.6 Å². The highest BCUT2D eigenvalue weighted by molar-refractivity contribution is 6.49. The van der Waals surface area contributed by atoms with Gasteiger partial charge in [-0.1, -0.05) is 24.3 Å². The lowest BCUT2D eigenvalue weighted by molar-refractivity contribution is -0.149. The van der Waals surface area contributed by atoms with Gasteiger partial charge in [0, 0.05) is 16.7 Å². The van der Waals surface area contributed by atoms with E-state index in [0.717, 1.165) is 24.3 Å². The third-order valence-electron chi connectivity index (χ3n) is 4.61. The van der Waals surface area contributed by atoms with Crippen LogP contribution in [0.15, 0.2) is 48.5 Å². The van der Waals surface area contributed by atoms with Crippen LogP contribution in [0.3, 0.4) is 0 Å². The van der Waals surface area contributed by atoms with Crippen LogP contribution in [-0.2, 0) is 14.3 Å². The SMILES string of the molecule is O=C1OC2(C(=O)c3ccccc3C2=O)C(C(=O)c2ccc(F)cc2)C1=O. The number of benzene rings is 2. The van der Waals surface area contributed by atoms with Crippen molar-refractivity contribution in [3.05, 3.63) is 71.0 Å². The number of ketones is 4. The van der Waals surface area contributed by atoms with E-state index in [0.29, 0.717) is 0 Å². The maximum atomic E-state index is 13.1. The van der Waals surface area contributed by atoms with Crippen LogP contribution < -0.4 is 0 Å². The Balaban J connectivity index is 1.88. The summed E-state index contributed by atoms with van der Waals surface area (Å²) in [5.74, 6) is -7.99. The summed E-state index contributed by atoms with van der Waals surface area (Å²) in [5.41, 5.74) is -2.67. The summed E-state index contributed by atoms with van der Waals surface area (Å²) in [6.45, 7) is 0. The second kappa shape index (κ2) is 5.26. The molecule has 128 valence electrons. The molecule has 2 aromatic carbocycles. The molecule has 0 saturated carbocycles. The number of carbonyl (C=O) groups is 5. The Bertz CT molecular complexity index is 986. The van der Waals surface area contributed by atoms with Crippen molar-refractivity contribution in [1.82, 2.24) is 0 Å². The minimum atomic E-state index is -2.52. The fourth-order valence-electron chi connectivity index (χ4n) is 3.38. The summed E-state index contributed by atoms with van der Waals surface area (Å²) >= 11 is 0. The van der Waals surface area contributed by atoms with Crippen LogP contribution >= 0.6 is 0 Å². The van der Waals surface area contributed by atoms with E-state index in [1.807, 2.05) is 0 Å². The van der Waals surface area contributed by atoms with Crippen molar-refractivity contribution in [2.24, 2.45) is 5.92 Å². The van der Waals surface area contributed by atoms with E-state index in [4.69, 9.17) is 4.74 Å². The van der Waals surface area contributed by atoms with Crippen LogP contribution in [0.2, 0.25) is 0 Å². The van der Waals surface area contributed by atoms with Crippen LogP contribution in [0.4, 0.5) is 4.39 Å². The number of ether oxygens (including phenoxy) is 1. The van der Waals surface area contributed by atoms with Gasteiger partial charge in [-0.15, -0.1) is 0 Å². The van der Waals surface area contributed by atoms with Crippen molar-refractivity contribution in [3.63, 3.8) is 0 Å². The van der Waals surface area contributed by atoms with Crippen molar-refractivity contribution in [2.45, 2.75) is 5.60 Å². The molecule has 6 nitrogen and oxygen atoms in total. The van der Waals surface area contributed by atoms with E-state index in [1.165, 1.54) is 24.3 Å². The Morgan fingerprint density at radius 3 is 1.96 bits per heavy atom. The molecule has 2 aliphatic rings. The van der Waals surface area contributed by atoms with Gasteiger partial charge < -0.3 is 4.74 Å². The summed E-state index contributed by atoms with van der Waals surface area (Å²) in [6.07, 6.45) is 0. The molecule has 4 rings (SSSR count). The first-order valence-electron chi connectivity index (χ1n) is 7.63. The Hall–Kier alpha value is -3.48. The summed E-state index contributed by atoms with van der Waals surface area (Å²) in [6, 6.07) is 9.96. The molecule has 0 amide bonds. The first-order chi connectivity index (χ1) is 12.4. The van der Waals surface area contributed by atoms with Gasteiger partial charge in [0.15, 0.2) is 5.78 Å². The Kier molecular flexibility index (Phi) is 3.24. The Labute approximate surface area is 145 Å². The predicted octanol–water partition coefficient (Wildman–Crippen LogP) is 1.57. The molecule has 0 N–H and O–H groups in total. The predicted molar refractivity (Wildman–Crippen MR) is 83.2 cm³/mol. The first-order valence-corrected chi connectivity index (χ1v) is 7.63. The van der Waals surface area contributed by atoms with Crippen LogP contribution in [-0.4, -0.2) is 34.7 Å².